The lowest BCUT2D eigenvalue weighted by Crippen LogP contribution is -2.65. The van der Waals surface area contributed by atoms with Crippen molar-refractivity contribution in [1.82, 2.24) is 10.6 Å². The van der Waals surface area contributed by atoms with Crippen LogP contribution in [-0.4, -0.2) is 60.4 Å². The van der Waals surface area contributed by atoms with E-state index in [9.17, 15) is 14.7 Å². The first kappa shape index (κ1) is 28.9. The van der Waals surface area contributed by atoms with Crippen molar-refractivity contribution in [1.29, 1.82) is 0 Å². The minimum atomic E-state index is -1.14. The molecular weight excluding hydrogens is 483 g/mol. The number of hydrogen-bond donors (Lipinski definition) is 3. The molecule has 1 aromatic rings. The van der Waals surface area contributed by atoms with Gasteiger partial charge in [0.2, 0.25) is 5.91 Å². The molecule has 1 heterocycles. The van der Waals surface area contributed by atoms with Gasteiger partial charge >= 0.3 is 7.12 Å². The fraction of sp³-hybridized carbons (Fsp3) is 0.724. The van der Waals surface area contributed by atoms with Gasteiger partial charge in [-0.15, -0.1) is 0 Å². The van der Waals surface area contributed by atoms with Crippen LogP contribution in [-0.2, 0) is 14.1 Å². The van der Waals surface area contributed by atoms with E-state index in [-0.39, 0.29) is 23.0 Å². The SMILES string of the molecule is CCCOc1cccc(C(=O)N[C@H](C(=O)N[C@@H](CC(C)C)B2O[C@@H]3C[C@@H]4C[C@@H](C4(C)C)[C@]3(C)O2)[C@@H](C)O)c1. The second kappa shape index (κ2) is 11.2. The summed E-state index contributed by atoms with van der Waals surface area (Å²) in [5, 5.41) is 16.2. The number of nitrogens with one attached hydrogen (secondary N) is 2. The van der Waals surface area contributed by atoms with Gasteiger partial charge in [-0.25, -0.2) is 0 Å². The van der Waals surface area contributed by atoms with Crippen LogP contribution in [0.3, 0.4) is 0 Å². The van der Waals surface area contributed by atoms with Crippen molar-refractivity contribution in [2.24, 2.45) is 23.2 Å². The van der Waals surface area contributed by atoms with Gasteiger partial charge < -0.3 is 29.8 Å². The quantitative estimate of drug-likeness (QED) is 0.378. The summed E-state index contributed by atoms with van der Waals surface area (Å²) in [5.41, 5.74) is 0.198. The Hall–Kier alpha value is -2.10. The molecule has 4 fully saturated rings. The van der Waals surface area contributed by atoms with Crippen LogP contribution in [0.4, 0.5) is 0 Å². The van der Waals surface area contributed by atoms with E-state index in [0.29, 0.717) is 36.2 Å². The topological polar surface area (TPSA) is 106 Å². The minimum absolute atomic E-state index is 0.00491. The lowest BCUT2D eigenvalue weighted by atomic mass is 9.43. The predicted molar refractivity (Wildman–Crippen MR) is 147 cm³/mol. The number of benzene rings is 1. The van der Waals surface area contributed by atoms with E-state index in [1.807, 2.05) is 6.92 Å². The highest BCUT2D eigenvalue weighted by molar-refractivity contribution is 6.48. The molecule has 2 amide bonds. The number of hydrogen-bond acceptors (Lipinski definition) is 6. The molecule has 1 aromatic carbocycles. The maximum atomic E-state index is 13.5. The number of ether oxygens (including phenoxy) is 1. The van der Waals surface area contributed by atoms with Gasteiger partial charge in [-0.1, -0.05) is 40.7 Å². The van der Waals surface area contributed by atoms with Gasteiger partial charge in [-0.2, -0.15) is 0 Å². The Bertz CT molecular complexity index is 1020. The number of rotatable bonds is 11. The first-order valence-corrected chi connectivity index (χ1v) is 14.2. The second-order valence-corrected chi connectivity index (χ2v) is 12.6. The van der Waals surface area contributed by atoms with Crippen molar-refractivity contribution < 1.29 is 28.7 Å². The van der Waals surface area contributed by atoms with Crippen molar-refractivity contribution >= 4 is 18.9 Å². The summed E-state index contributed by atoms with van der Waals surface area (Å²) in [7, 11) is -0.579. The molecule has 8 nitrogen and oxygen atoms in total. The molecule has 210 valence electrons. The van der Waals surface area contributed by atoms with E-state index < -0.39 is 37.0 Å². The molecule has 5 rings (SSSR count). The average Bonchev–Trinajstić information content (AvgIpc) is 3.22. The number of aliphatic hydroxyl groups is 1. The van der Waals surface area contributed by atoms with Crippen LogP contribution in [0.1, 0.15) is 84.5 Å². The van der Waals surface area contributed by atoms with Crippen molar-refractivity contribution in [3.63, 3.8) is 0 Å². The Balaban J connectivity index is 1.45. The molecule has 4 aliphatic rings. The molecule has 38 heavy (non-hydrogen) atoms. The van der Waals surface area contributed by atoms with E-state index >= 15 is 0 Å². The van der Waals surface area contributed by atoms with Gasteiger partial charge in [0.1, 0.15) is 11.8 Å². The summed E-state index contributed by atoms with van der Waals surface area (Å²) >= 11 is 0. The normalized spacial score (nSPS) is 29.6. The third-order valence-electron chi connectivity index (χ3n) is 8.97. The third-order valence-corrected chi connectivity index (χ3v) is 8.97. The molecule has 3 aliphatic carbocycles. The van der Waals surface area contributed by atoms with Crippen LogP contribution in [0, 0.1) is 23.2 Å². The van der Waals surface area contributed by atoms with E-state index in [2.05, 4.69) is 45.3 Å². The summed E-state index contributed by atoms with van der Waals surface area (Å²) in [4.78, 5) is 26.5. The highest BCUT2D eigenvalue weighted by Gasteiger charge is 2.68. The largest absolute Gasteiger partial charge is 0.494 e. The number of carbonyl (C=O) groups is 2. The van der Waals surface area contributed by atoms with Gasteiger partial charge in [-0.05, 0) is 80.9 Å². The molecule has 3 N–H and O–H groups in total. The van der Waals surface area contributed by atoms with Crippen molar-refractivity contribution in [3.8, 4) is 5.75 Å². The molecule has 0 unspecified atom stereocenters. The Kier molecular flexibility index (Phi) is 8.50. The molecule has 0 aromatic heterocycles. The lowest BCUT2D eigenvalue weighted by molar-refractivity contribution is -0.199. The first-order valence-electron chi connectivity index (χ1n) is 14.2. The van der Waals surface area contributed by atoms with E-state index in [1.165, 1.54) is 6.92 Å². The lowest BCUT2D eigenvalue weighted by Gasteiger charge is -2.64. The first-order chi connectivity index (χ1) is 17.9. The molecular formula is C29H45BN2O6. The van der Waals surface area contributed by atoms with Crippen LogP contribution in [0.25, 0.3) is 0 Å². The monoisotopic (exact) mass is 528 g/mol. The molecule has 7 atom stereocenters. The number of aliphatic hydroxyl groups excluding tert-OH is 1. The fourth-order valence-electron chi connectivity index (χ4n) is 6.67. The molecule has 2 bridgehead atoms. The Morgan fingerprint density at radius 2 is 1.92 bits per heavy atom. The third kappa shape index (κ3) is 5.61. The van der Waals surface area contributed by atoms with Crippen LogP contribution in [0.5, 0.6) is 5.75 Å². The van der Waals surface area contributed by atoms with Gasteiger partial charge in [0.15, 0.2) is 0 Å². The maximum Gasteiger partial charge on any atom is 0.481 e. The van der Waals surface area contributed by atoms with E-state index in [0.717, 1.165) is 19.3 Å². The molecule has 3 saturated carbocycles. The summed E-state index contributed by atoms with van der Waals surface area (Å²) in [6.07, 6.45) is 2.52. The van der Waals surface area contributed by atoms with Gasteiger partial charge in [-0.3, -0.25) is 9.59 Å². The average molecular weight is 528 g/mol. The zero-order valence-electron chi connectivity index (χ0n) is 24.0. The van der Waals surface area contributed by atoms with E-state index in [4.69, 9.17) is 14.0 Å². The Labute approximate surface area is 227 Å². The standard InChI is InChI=1S/C29H45BN2O6/c1-8-12-36-21-11-9-10-19(14-21)26(34)32-25(18(4)33)27(35)31-24(13-17(2)3)30-37-23-16-20-15-22(28(20,5)6)29(23,7)38-30/h9-11,14,17-18,20,22-25,33H,8,12-13,15-16H2,1-7H3,(H,31,35)(H,32,34)/t18-,20+,22+,23-,24+,25+,29+/m1/s1. The summed E-state index contributed by atoms with van der Waals surface area (Å²) < 4.78 is 18.7. The minimum Gasteiger partial charge on any atom is -0.494 e. The van der Waals surface area contributed by atoms with Gasteiger partial charge in [0.25, 0.3) is 5.91 Å². The van der Waals surface area contributed by atoms with Crippen LogP contribution in [0.2, 0.25) is 0 Å². The van der Waals surface area contributed by atoms with Crippen molar-refractivity contribution in [2.75, 3.05) is 6.61 Å². The maximum absolute atomic E-state index is 13.5. The summed E-state index contributed by atoms with van der Waals surface area (Å²) in [6.45, 7) is 15.0. The second-order valence-electron chi connectivity index (χ2n) is 12.6. The Morgan fingerprint density at radius 3 is 2.55 bits per heavy atom. The Morgan fingerprint density at radius 1 is 1.18 bits per heavy atom. The number of amides is 2. The molecule has 0 radical (unpaired) electrons. The highest BCUT2D eigenvalue weighted by atomic mass is 16.7. The zero-order chi connectivity index (χ0) is 27.8. The van der Waals surface area contributed by atoms with E-state index in [1.54, 1.807) is 24.3 Å². The molecule has 1 aliphatic heterocycles. The van der Waals surface area contributed by atoms with Crippen LogP contribution >= 0.6 is 0 Å². The van der Waals surface area contributed by atoms with Crippen molar-refractivity contribution in [3.05, 3.63) is 29.8 Å². The fourth-order valence-corrected chi connectivity index (χ4v) is 6.67. The predicted octanol–water partition coefficient (Wildman–Crippen LogP) is 3.75. The zero-order valence-corrected chi connectivity index (χ0v) is 24.0. The molecule has 0 spiro atoms. The number of carbonyl (C=O) groups excluding carboxylic acids is 2. The van der Waals surface area contributed by atoms with Gasteiger partial charge in [0, 0.05) is 5.56 Å². The smallest absolute Gasteiger partial charge is 0.481 e. The molecule has 9 heteroatoms. The summed E-state index contributed by atoms with van der Waals surface area (Å²) in [6, 6.07) is 5.67. The summed E-state index contributed by atoms with van der Waals surface area (Å²) in [5.74, 6) is 0.581. The highest BCUT2D eigenvalue weighted by Crippen LogP contribution is 2.65. The van der Waals surface area contributed by atoms with Gasteiger partial charge in [0.05, 0.1) is 30.4 Å². The molecule has 1 saturated heterocycles. The van der Waals surface area contributed by atoms with Crippen LogP contribution < -0.4 is 15.4 Å². The van der Waals surface area contributed by atoms with Crippen LogP contribution in [0.15, 0.2) is 24.3 Å². The van der Waals surface area contributed by atoms with Crippen molar-refractivity contribution in [2.45, 2.75) is 104 Å².